The topological polar surface area (TPSA) is 46.3 Å². The summed E-state index contributed by atoms with van der Waals surface area (Å²) in [6.45, 7) is 3.68. The second-order valence-electron chi connectivity index (χ2n) is 3.94. The number of piperidine rings is 1. The SMILES string of the molecule is CSCC(=O)N1CCCC(C)C1CN.Cl. The number of hydrogen-bond acceptors (Lipinski definition) is 3. The molecule has 0 radical (unpaired) electrons. The molecule has 90 valence electrons. The predicted molar refractivity (Wildman–Crippen MR) is 68.6 cm³/mol. The van der Waals surface area contributed by atoms with Crippen molar-refractivity contribution >= 4 is 30.1 Å². The number of carbonyl (C=O) groups is 1. The van der Waals surface area contributed by atoms with Crippen LogP contribution in [0.1, 0.15) is 19.8 Å². The average Bonchev–Trinajstić information content (AvgIpc) is 2.17. The highest BCUT2D eigenvalue weighted by atomic mass is 35.5. The molecule has 1 rings (SSSR count). The summed E-state index contributed by atoms with van der Waals surface area (Å²) in [6.07, 6.45) is 4.28. The fraction of sp³-hybridized carbons (Fsp3) is 0.900. The highest BCUT2D eigenvalue weighted by Gasteiger charge is 2.30. The number of carbonyl (C=O) groups excluding carboxylic acids is 1. The molecule has 1 aliphatic rings. The minimum Gasteiger partial charge on any atom is -0.337 e. The van der Waals surface area contributed by atoms with Crippen LogP contribution in [-0.2, 0) is 4.79 Å². The molecule has 0 bridgehead atoms. The Morgan fingerprint density at radius 2 is 2.27 bits per heavy atom. The zero-order chi connectivity index (χ0) is 10.6. The molecule has 0 aromatic rings. The zero-order valence-electron chi connectivity index (χ0n) is 9.44. The highest BCUT2D eigenvalue weighted by molar-refractivity contribution is 7.99. The maximum atomic E-state index is 11.8. The molecule has 0 aliphatic carbocycles. The summed E-state index contributed by atoms with van der Waals surface area (Å²) in [7, 11) is 0. The molecule has 1 aliphatic heterocycles. The van der Waals surface area contributed by atoms with Gasteiger partial charge in [0.05, 0.1) is 5.75 Å². The van der Waals surface area contributed by atoms with Crippen LogP contribution in [0.5, 0.6) is 0 Å². The van der Waals surface area contributed by atoms with Crippen LogP contribution in [0, 0.1) is 5.92 Å². The first kappa shape index (κ1) is 15.1. The normalized spacial score (nSPS) is 25.9. The third kappa shape index (κ3) is 3.85. The monoisotopic (exact) mass is 252 g/mol. The standard InChI is InChI=1S/C10H20N2OS.ClH/c1-8-4-3-5-12(9(8)6-11)10(13)7-14-2;/h8-9H,3-7,11H2,1-2H3;1H. The van der Waals surface area contributed by atoms with E-state index in [2.05, 4.69) is 6.92 Å². The van der Waals surface area contributed by atoms with Gasteiger partial charge in [0.2, 0.25) is 5.91 Å². The van der Waals surface area contributed by atoms with E-state index in [1.165, 1.54) is 6.42 Å². The van der Waals surface area contributed by atoms with E-state index in [4.69, 9.17) is 5.73 Å². The lowest BCUT2D eigenvalue weighted by Crippen LogP contribution is -2.51. The largest absolute Gasteiger partial charge is 0.337 e. The van der Waals surface area contributed by atoms with Gasteiger partial charge in [0.25, 0.3) is 0 Å². The fourth-order valence-corrected chi connectivity index (χ4v) is 2.54. The molecular formula is C10H21ClN2OS. The molecule has 0 spiro atoms. The van der Waals surface area contributed by atoms with Crippen molar-refractivity contribution in [1.29, 1.82) is 0 Å². The summed E-state index contributed by atoms with van der Waals surface area (Å²) in [5.41, 5.74) is 5.72. The Bertz CT molecular complexity index is 204. The number of hydrogen-bond donors (Lipinski definition) is 1. The third-order valence-electron chi connectivity index (χ3n) is 2.95. The first-order valence-electron chi connectivity index (χ1n) is 5.19. The van der Waals surface area contributed by atoms with Gasteiger partial charge in [-0.15, -0.1) is 12.4 Å². The molecule has 2 unspecified atom stereocenters. The summed E-state index contributed by atoms with van der Waals surface area (Å²) in [5.74, 6) is 1.39. The molecule has 3 nitrogen and oxygen atoms in total. The number of rotatable bonds is 3. The van der Waals surface area contributed by atoms with E-state index in [0.29, 0.717) is 18.2 Å². The number of thioether (sulfide) groups is 1. The zero-order valence-corrected chi connectivity index (χ0v) is 11.1. The van der Waals surface area contributed by atoms with Crippen LogP contribution in [0.2, 0.25) is 0 Å². The molecule has 1 amide bonds. The van der Waals surface area contributed by atoms with Gasteiger partial charge in [-0.25, -0.2) is 0 Å². The molecule has 0 aromatic carbocycles. The molecule has 1 fully saturated rings. The van der Waals surface area contributed by atoms with Crippen LogP contribution in [0.3, 0.4) is 0 Å². The summed E-state index contributed by atoms with van der Waals surface area (Å²) in [4.78, 5) is 13.7. The summed E-state index contributed by atoms with van der Waals surface area (Å²) in [5, 5.41) is 0. The van der Waals surface area contributed by atoms with Crippen LogP contribution in [0.25, 0.3) is 0 Å². The Labute approximate surface area is 103 Å². The Hall–Kier alpha value is 0.0700. The molecule has 5 heteroatoms. The first-order valence-corrected chi connectivity index (χ1v) is 6.58. The fourth-order valence-electron chi connectivity index (χ4n) is 2.12. The smallest absolute Gasteiger partial charge is 0.232 e. The van der Waals surface area contributed by atoms with E-state index in [1.54, 1.807) is 11.8 Å². The van der Waals surface area contributed by atoms with Gasteiger partial charge in [0, 0.05) is 19.1 Å². The lowest BCUT2D eigenvalue weighted by Gasteiger charge is -2.39. The van der Waals surface area contributed by atoms with Gasteiger partial charge >= 0.3 is 0 Å². The minimum atomic E-state index is 0. The Kier molecular flexibility index (Phi) is 7.40. The number of nitrogens with zero attached hydrogens (tertiary/aromatic N) is 1. The van der Waals surface area contributed by atoms with Crippen molar-refractivity contribution < 1.29 is 4.79 Å². The highest BCUT2D eigenvalue weighted by Crippen LogP contribution is 2.23. The molecule has 1 heterocycles. The van der Waals surface area contributed by atoms with Crippen molar-refractivity contribution in [3.63, 3.8) is 0 Å². The van der Waals surface area contributed by atoms with E-state index in [9.17, 15) is 4.79 Å². The number of nitrogens with two attached hydrogens (primary N) is 1. The van der Waals surface area contributed by atoms with Crippen LogP contribution < -0.4 is 5.73 Å². The Balaban J connectivity index is 0.00000196. The van der Waals surface area contributed by atoms with Gasteiger partial charge in [-0.2, -0.15) is 11.8 Å². The molecule has 2 atom stereocenters. The molecule has 0 aromatic heterocycles. The number of halogens is 1. The van der Waals surface area contributed by atoms with Crippen molar-refractivity contribution in [1.82, 2.24) is 4.90 Å². The molecule has 2 N–H and O–H groups in total. The van der Waals surface area contributed by atoms with Crippen molar-refractivity contribution in [2.75, 3.05) is 25.1 Å². The quantitative estimate of drug-likeness (QED) is 0.825. The van der Waals surface area contributed by atoms with Crippen molar-refractivity contribution in [2.45, 2.75) is 25.8 Å². The van der Waals surface area contributed by atoms with Gasteiger partial charge in [-0.1, -0.05) is 6.92 Å². The number of likely N-dealkylation sites (tertiary alicyclic amines) is 1. The lowest BCUT2D eigenvalue weighted by atomic mass is 9.91. The maximum Gasteiger partial charge on any atom is 0.232 e. The van der Waals surface area contributed by atoms with Gasteiger partial charge in [-0.05, 0) is 25.0 Å². The summed E-state index contributed by atoms with van der Waals surface area (Å²) < 4.78 is 0. The van der Waals surface area contributed by atoms with Gasteiger partial charge in [-0.3, -0.25) is 4.79 Å². The van der Waals surface area contributed by atoms with E-state index < -0.39 is 0 Å². The average molecular weight is 253 g/mol. The first-order chi connectivity index (χ1) is 6.70. The second-order valence-corrected chi connectivity index (χ2v) is 4.81. The molecule has 0 saturated carbocycles. The molecular weight excluding hydrogens is 232 g/mol. The van der Waals surface area contributed by atoms with E-state index in [1.807, 2.05) is 11.2 Å². The third-order valence-corrected chi connectivity index (χ3v) is 3.48. The van der Waals surface area contributed by atoms with Crippen molar-refractivity contribution in [3.8, 4) is 0 Å². The van der Waals surface area contributed by atoms with Crippen molar-refractivity contribution in [3.05, 3.63) is 0 Å². The predicted octanol–water partition coefficient (Wildman–Crippen LogP) is 1.36. The summed E-state index contributed by atoms with van der Waals surface area (Å²) in [6, 6.07) is 0.267. The van der Waals surface area contributed by atoms with Gasteiger partial charge in [0.15, 0.2) is 0 Å². The van der Waals surface area contributed by atoms with Gasteiger partial charge < -0.3 is 10.6 Å². The molecule has 15 heavy (non-hydrogen) atoms. The van der Waals surface area contributed by atoms with Crippen LogP contribution in [-0.4, -0.2) is 41.9 Å². The molecule has 1 saturated heterocycles. The number of amides is 1. The van der Waals surface area contributed by atoms with Crippen LogP contribution >= 0.6 is 24.2 Å². The van der Waals surface area contributed by atoms with E-state index in [-0.39, 0.29) is 24.4 Å². The Morgan fingerprint density at radius 1 is 1.60 bits per heavy atom. The van der Waals surface area contributed by atoms with Gasteiger partial charge in [0.1, 0.15) is 0 Å². The minimum absolute atomic E-state index is 0. The van der Waals surface area contributed by atoms with E-state index in [0.717, 1.165) is 13.0 Å². The lowest BCUT2D eigenvalue weighted by molar-refractivity contribution is -0.133. The second kappa shape index (κ2) is 7.36. The maximum absolute atomic E-state index is 11.8. The Morgan fingerprint density at radius 3 is 2.80 bits per heavy atom. The van der Waals surface area contributed by atoms with Crippen LogP contribution in [0.4, 0.5) is 0 Å². The van der Waals surface area contributed by atoms with Crippen LogP contribution in [0.15, 0.2) is 0 Å². The van der Waals surface area contributed by atoms with Crippen molar-refractivity contribution in [2.24, 2.45) is 11.7 Å². The van der Waals surface area contributed by atoms with E-state index >= 15 is 0 Å². The summed E-state index contributed by atoms with van der Waals surface area (Å²) >= 11 is 1.59.